The Kier molecular flexibility index (Phi) is 7.05. The number of nitrogens with zero attached hydrogens (tertiary/aromatic N) is 1. The Morgan fingerprint density at radius 3 is 2.40 bits per heavy atom. The van der Waals surface area contributed by atoms with E-state index in [4.69, 9.17) is 0 Å². The third-order valence-corrected chi connectivity index (χ3v) is 7.68. The number of amides is 2. The molecular formula is C27H29N3O4S. The lowest BCUT2D eigenvalue weighted by molar-refractivity contribution is -0.118. The van der Waals surface area contributed by atoms with Crippen LogP contribution in [0.2, 0.25) is 0 Å². The summed E-state index contributed by atoms with van der Waals surface area (Å²) < 4.78 is 29.4. The van der Waals surface area contributed by atoms with Crippen molar-refractivity contribution in [1.29, 1.82) is 0 Å². The zero-order chi connectivity index (χ0) is 25.2. The lowest BCUT2D eigenvalue weighted by Gasteiger charge is -2.21. The predicted octanol–water partition coefficient (Wildman–Crippen LogP) is 3.82. The first-order valence-corrected chi connectivity index (χ1v) is 13.0. The molecule has 0 saturated carbocycles. The molecule has 2 amide bonds. The molecule has 7 nitrogen and oxygen atoms in total. The highest BCUT2D eigenvalue weighted by Crippen LogP contribution is 2.34. The quantitative estimate of drug-likeness (QED) is 0.525. The van der Waals surface area contributed by atoms with E-state index in [-0.39, 0.29) is 23.3 Å². The third-order valence-electron chi connectivity index (χ3n) is 6.22. The summed E-state index contributed by atoms with van der Waals surface area (Å²) in [5.74, 6) is -0.523. The van der Waals surface area contributed by atoms with E-state index in [1.54, 1.807) is 23.1 Å². The third kappa shape index (κ3) is 5.44. The second-order valence-corrected chi connectivity index (χ2v) is 10.6. The summed E-state index contributed by atoms with van der Waals surface area (Å²) in [5, 5.41) is 2.86. The van der Waals surface area contributed by atoms with E-state index in [9.17, 15) is 18.0 Å². The lowest BCUT2D eigenvalue weighted by Crippen LogP contribution is -2.45. The summed E-state index contributed by atoms with van der Waals surface area (Å²) in [6.07, 6.45) is 0.761. The lowest BCUT2D eigenvalue weighted by atomic mass is 10.1. The van der Waals surface area contributed by atoms with Gasteiger partial charge in [0.05, 0.1) is 4.90 Å². The Hall–Kier alpha value is -3.49. The molecule has 0 spiro atoms. The van der Waals surface area contributed by atoms with E-state index in [0.29, 0.717) is 12.1 Å². The summed E-state index contributed by atoms with van der Waals surface area (Å²) in [4.78, 5) is 27.0. The minimum atomic E-state index is -4.02. The van der Waals surface area contributed by atoms with Crippen LogP contribution >= 0.6 is 0 Å². The summed E-state index contributed by atoms with van der Waals surface area (Å²) in [6, 6.07) is 20.3. The molecule has 1 heterocycles. The Labute approximate surface area is 206 Å². The average molecular weight is 492 g/mol. The molecule has 0 saturated heterocycles. The van der Waals surface area contributed by atoms with Crippen molar-refractivity contribution in [3.05, 3.63) is 89.5 Å². The van der Waals surface area contributed by atoms with Gasteiger partial charge in [-0.3, -0.25) is 9.59 Å². The van der Waals surface area contributed by atoms with Gasteiger partial charge in [-0.05, 0) is 67.6 Å². The molecular weight excluding hydrogens is 462 g/mol. The van der Waals surface area contributed by atoms with E-state index >= 15 is 0 Å². The van der Waals surface area contributed by atoms with Crippen LogP contribution in [0.1, 0.15) is 30.5 Å². The van der Waals surface area contributed by atoms with Gasteiger partial charge in [-0.1, -0.05) is 48.5 Å². The molecule has 1 aliphatic heterocycles. The molecule has 0 aliphatic carbocycles. The van der Waals surface area contributed by atoms with Crippen LogP contribution in [0.5, 0.6) is 0 Å². The highest BCUT2D eigenvalue weighted by molar-refractivity contribution is 7.89. The van der Waals surface area contributed by atoms with Gasteiger partial charge >= 0.3 is 0 Å². The molecule has 35 heavy (non-hydrogen) atoms. The van der Waals surface area contributed by atoms with E-state index in [1.165, 1.54) is 13.0 Å². The van der Waals surface area contributed by atoms with Crippen LogP contribution in [0.3, 0.4) is 0 Å². The van der Waals surface area contributed by atoms with Gasteiger partial charge in [0.2, 0.25) is 21.8 Å². The van der Waals surface area contributed by atoms with E-state index < -0.39 is 22.0 Å². The molecule has 0 unspecified atom stereocenters. The number of carbonyl (C=O) groups excluding carboxylic acids is 2. The molecule has 2 N–H and O–H groups in total. The highest BCUT2D eigenvalue weighted by atomic mass is 32.2. The summed E-state index contributed by atoms with van der Waals surface area (Å²) in [6.45, 7) is 5.31. The molecule has 2 atom stereocenters. The standard InChI is InChI=1S/C27H29N3O4S/c1-18-9-7-8-12-24(18)28-27(32)25(16-21-10-5-4-6-11-21)29-35(33,34)23-13-14-26-22(17-23)15-19(2)30(26)20(3)31/h4-14,17,19,25,29H,15-16H2,1-3H3,(H,28,32)/t19-,25+/m0/s1. The largest absolute Gasteiger partial charge is 0.324 e. The van der Waals surface area contributed by atoms with Gasteiger partial charge in [0.15, 0.2) is 0 Å². The number of aryl methyl sites for hydroxylation is 1. The minimum absolute atomic E-state index is 0.0425. The van der Waals surface area contributed by atoms with Crippen molar-refractivity contribution >= 4 is 33.2 Å². The summed E-state index contributed by atoms with van der Waals surface area (Å²) in [7, 11) is -4.02. The van der Waals surface area contributed by atoms with Crippen LogP contribution in [0.4, 0.5) is 11.4 Å². The first-order chi connectivity index (χ1) is 16.7. The van der Waals surface area contributed by atoms with Gasteiger partial charge in [0.25, 0.3) is 0 Å². The summed E-state index contributed by atoms with van der Waals surface area (Å²) >= 11 is 0. The van der Waals surface area contributed by atoms with E-state index in [1.807, 2.05) is 62.4 Å². The van der Waals surface area contributed by atoms with Crippen LogP contribution < -0.4 is 14.9 Å². The van der Waals surface area contributed by atoms with Crippen LogP contribution in [0.15, 0.2) is 77.7 Å². The zero-order valence-electron chi connectivity index (χ0n) is 20.0. The second kappa shape index (κ2) is 10.0. The number of nitrogens with one attached hydrogen (secondary N) is 2. The monoisotopic (exact) mass is 491 g/mol. The number of hydrogen-bond donors (Lipinski definition) is 2. The minimum Gasteiger partial charge on any atom is -0.324 e. The number of sulfonamides is 1. The number of hydrogen-bond acceptors (Lipinski definition) is 4. The predicted molar refractivity (Wildman–Crippen MR) is 137 cm³/mol. The Bertz CT molecular complexity index is 1360. The smallest absolute Gasteiger partial charge is 0.242 e. The zero-order valence-corrected chi connectivity index (χ0v) is 20.8. The molecule has 3 aromatic carbocycles. The Balaban J connectivity index is 1.62. The molecule has 4 rings (SSSR count). The van der Waals surface area contributed by atoms with Crippen LogP contribution in [0.25, 0.3) is 0 Å². The number of carbonyl (C=O) groups is 2. The van der Waals surface area contributed by atoms with Gasteiger partial charge in [-0.2, -0.15) is 4.72 Å². The van der Waals surface area contributed by atoms with Crippen molar-refractivity contribution in [3.63, 3.8) is 0 Å². The first kappa shape index (κ1) is 24.6. The fourth-order valence-corrected chi connectivity index (χ4v) is 5.73. The SMILES string of the molecule is CC(=O)N1c2ccc(S(=O)(=O)N[C@H](Cc3ccccc3)C(=O)Nc3ccccc3C)cc2C[C@@H]1C. The molecule has 0 bridgehead atoms. The van der Waals surface area contributed by atoms with Crippen molar-refractivity contribution in [2.75, 3.05) is 10.2 Å². The molecule has 182 valence electrons. The molecule has 0 aromatic heterocycles. The Morgan fingerprint density at radius 1 is 1.03 bits per heavy atom. The van der Waals surface area contributed by atoms with Crippen LogP contribution in [-0.4, -0.2) is 32.3 Å². The fraction of sp³-hybridized carbons (Fsp3) is 0.259. The average Bonchev–Trinajstić information content (AvgIpc) is 3.15. The van der Waals surface area contributed by atoms with E-state index in [0.717, 1.165) is 22.4 Å². The number of para-hydroxylation sites is 1. The van der Waals surface area contributed by atoms with Gasteiger partial charge in [-0.15, -0.1) is 0 Å². The topological polar surface area (TPSA) is 95.6 Å². The molecule has 8 heteroatoms. The van der Waals surface area contributed by atoms with Gasteiger partial charge < -0.3 is 10.2 Å². The maximum absolute atomic E-state index is 13.4. The van der Waals surface area contributed by atoms with E-state index in [2.05, 4.69) is 10.0 Å². The van der Waals surface area contributed by atoms with Crippen LogP contribution in [-0.2, 0) is 32.5 Å². The van der Waals surface area contributed by atoms with Crippen molar-refractivity contribution < 1.29 is 18.0 Å². The van der Waals surface area contributed by atoms with Crippen LogP contribution in [0, 0.1) is 6.92 Å². The molecule has 1 aliphatic rings. The number of rotatable bonds is 7. The number of fused-ring (bicyclic) bond motifs is 1. The maximum atomic E-state index is 13.4. The first-order valence-electron chi connectivity index (χ1n) is 11.5. The summed E-state index contributed by atoms with van der Waals surface area (Å²) in [5.41, 5.74) is 3.86. The maximum Gasteiger partial charge on any atom is 0.242 e. The normalized spacial score (nSPS) is 16.0. The number of benzene rings is 3. The fourth-order valence-electron chi connectivity index (χ4n) is 4.48. The second-order valence-electron chi connectivity index (χ2n) is 8.90. The van der Waals surface area contributed by atoms with Crippen molar-refractivity contribution in [2.45, 2.75) is 50.6 Å². The van der Waals surface area contributed by atoms with Gasteiger partial charge in [-0.25, -0.2) is 8.42 Å². The van der Waals surface area contributed by atoms with Crippen molar-refractivity contribution in [1.82, 2.24) is 4.72 Å². The van der Waals surface area contributed by atoms with Gasteiger partial charge in [0.1, 0.15) is 6.04 Å². The Morgan fingerprint density at radius 2 is 1.71 bits per heavy atom. The number of anilines is 2. The molecule has 3 aromatic rings. The van der Waals surface area contributed by atoms with Crippen molar-refractivity contribution in [3.8, 4) is 0 Å². The molecule has 0 fully saturated rings. The van der Waals surface area contributed by atoms with Gasteiger partial charge in [0, 0.05) is 24.3 Å². The highest BCUT2D eigenvalue weighted by Gasteiger charge is 2.32. The molecule has 0 radical (unpaired) electrons. The van der Waals surface area contributed by atoms with Crippen molar-refractivity contribution in [2.24, 2.45) is 0 Å².